The number of aromatic nitrogens is 2. The topological polar surface area (TPSA) is 61.2 Å². The van der Waals surface area contributed by atoms with Gasteiger partial charge < -0.3 is 15.2 Å². The molecule has 1 aliphatic carbocycles. The van der Waals surface area contributed by atoms with Crippen LogP contribution in [0.4, 0.5) is 0 Å². The zero-order valence-corrected chi connectivity index (χ0v) is 13.7. The highest BCUT2D eigenvalue weighted by molar-refractivity contribution is 5.86. The van der Waals surface area contributed by atoms with Crippen LogP contribution in [0.25, 0.3) is 10.9 Å². The molecule has 5 rings (SSSR count). The minimum Gasteiger partial charge on any atom is -0.494 e. The summed E-state index contributed by atoms with van der Waals surface area (Å²) in [6.07, 6.45) is 1.25. The van der Waals surface area contributed by atoms with Gasteiger partial charge in [-0.1, -0.05) is 48.5 Å². The van der Waals surface area contributed by atoms with Gasteiger partial charge in [0.2, 0.25) is 0 Å². The summed E-state index contributed by atoms with van der Waals surface area (Å²) in [5.74, 6) is 0.341. The van der Waals surface area contributed by atoms with E-state index in [2.05, 4.69) is 17.1 Å². The summed E-state index contributed by atoms with van der Waals surface area (Å²) in [4.78, 5) is 3.46. The number of H-pyrrole nitrogens is 1. The van der Waals surface area contributed by atoms with Gasteiger partial charge >= 0.3 is 0 Å². The molecule has 0 atom stereocenters. The molecule has 4 aromatic rings. The lowest BCUT2D eigenvalue weighted by atomic mass is 9.91. The van der Waals surface area contributed by atoms with Crippen LogP contribution in [0.2, 0.25) is 0 Å². The first-order chi connectivity index (χ1) is 12.2. The second kappa shape index (κ2) is 5.18. The Labute approximate surface area is 145 Å². The molecule has 0 saturated heterocycles. The van der Waals surface area contributed by atoms with E-state index in [0.29, 0.717) is 19.4 Å². The Kier molecular flexibility index (Phi) is 2.95. The summed E-state index contributed by atoms with van der Waals surface area (Å²) in [7, 11) is 0. The van der Waals surface area contributed by atoms with E-state index in [1.54, 1.807) is 4.57 Å². The van der Waals surface area contributed by atoms with Crippen LogP contribution in [0.15, 0.2) is 54.6 Å². The highest BCUT2D eigenvalue weighted by Gasteiger charge is 2.29. The van der Waals surface area contributed by atoms with Crippen LogP contribution < -0.4 is 0 Å². The maximum absolute atomic E-state index is 10.7. The van der Waals surface area contributed by atoms with E-state index in [1.165, 1.54) is 10.9 Å². The summed E-state index contributed by atoms with van der Waals surface area (Å²) >= 11 is 0. The Bertz CT molecular complexity index is 1090. The predicted molar refractivity (Wildman–Crippen MR) is 97.2 cm³/mol. The Morgan fingerprint density at radius 2 is 1.48 bits per heavy atom. The highest BCUT2D eigenvalue weighted by atomic mass is 16.3. The van der Waals surface area contributed by atoms with E-state index >= 15 is 0 Å². The van der Waals surface area contributed by atoms with Gasteiger partial charge in [-0.2, -0.15) is 0 Å². The van der Waals surface area contributed by atoms with Gasteiger partial charge in [-0.15, -0.1) is 0 Å². The fourth-order valence-electron chi connectivity index (χ4n) is 3.95. The van der Waals surface area contributed by atoms with Gasteiger partial charge in [0, 0.05) is 40.6 Å². The molecule has 2 aromatic carbocycles. The summed E-state index contributed by atoms with van der Waals surface area (Å²) in [5, 5.41) is 22.6. The third-order valence-electron chi connectivity index (χ3n) is 5.21. The van der Waals surface area contributed by atoms with E-state index in [9.17, 15) is 10.2 Å². The molecule has 2 aromatic heterocycles. The van der Waals surface area contributed by atoms with Crippen molar-refractivity contribution < 1.29 is 10.2 Å². The van der Waals surface area contributed by atoms with Gasteiger partial charge in [-0.3, -0.25) is 4.57 Å². The monoisotopic (exact) mass is 330 g/mol. The molecule has 1 aliphatic rings. The highest BCUT2D eigenvalue weighted by Crippen LogP contribution is 2.42. The lowest BCUT2D eigenvalue weighted by molar-refractivity contribution is 0.374. The van der Waals surface area contributed by atoms with Crippen molar-refractivity contribution in [1.29, 1.82) is 0 Å². The molecule has 3 N–H and O–H groups in total. The molecule has 4 nitrogen and oxygen atoms in total. The molecule has 4 heteroatoms. The number of aromatic hydroxyl groups is 2. The smallest absolute Gasteiger partial charge is 0.198 e. The van der Waals surface area contributed by atoms with Crippen molar-refractivity contribution in [3.8, 4) is 11.8 Å². The van der Waals surface area contributed by atoms with E-state index in [4.69, 9.17) is 0 Å². The van der Waals surface area contributed by atoms with Crippen molar-refractivity contribution >= 4 is 10.9 Å². The summed E-state index contributed by atoms with van der Waals surface area (Å²) in [6.45, 7) is 0.459. The zero-order chi connectivity index (χ0) is 17.0. The van der Waals surface area contributed by atoms with E-state index < -0.39 is 0 Å². The fraction of sp³-hybridized carbons (Fsp3) is 0.143. The van der Waals surface area contributed by atoms with E-state index in [0.717, 1.165) is 27.9 Å². The van der Waals surface area contributed by atoms with Crippen LogP contribution in [-0.4, -0.2) is 19.8 Å². The quantitative estimate of drug-likeness (QED) is 0.459. The first-order valence-corrected chi connectivity index (χ1v) is 8.47. The van der Waals surface area contributed by atoms with Gasteiger partial charge in [-0.25, -0.2) is 0 Å². The second-order valence-corrected chi connectivity index (χ2v) is 6.66. The molecule has 2 heterocycles. The maximum Gasteiger partial charge on any atom is 0.198 e. The Morgan fingerprint density at radius 3 is 2.28 bits per heavy atom. The average molecular weight is 330 g/mol. The van der Waals surface area contributed by atoms with Crippen LogP contribution >= 0.6 is 0 Å². The van der Waals surface area contributed by atoms with Crippen molar-refractivity contribution in [2.24, 2.45) is 0 Å². The number of nitrogens with one attached hydrogen (secondary N) is 1. The average Bonchev–Trinajstić information content (AvgIpc) is 3.12. The summed E-state index contributed by atoms with van der Waals surface area (Å²) < 4.78 is 1.61. The van der Waals surface area contributed by atoms with Crippen molar-refractivity contribution in [1.82, 2.24) is 9.55 Å². The number of rotatable bonds is 2. The summed E-state index contributed by atoms with van der Waals surface area (Å²) in [5.41, 5.74) is 6.16. The molecule has 0 radical (unpaired) electrons. The maximum atomic E-state index is 10.7. The Morgan fingerprint density at radius 1 is 0.800 bits per heavy atom. The minimum atomic E-state index is 0.167. The van der Waals surface area contributed by atoms with Crippen molar-refractivity contribution in [2.75, 3.05) is 0 Å². The molecule has 0 amide bonds. The van der Waals surface area contributed by atoms with Crippen molar-refractivity contribution in [3.05, 3.63) is 82.5 Å². The van der Waals surface area contributed by atoms with Gasteiger partial charge in [0.05, 0.1) is 6.54 Å². The molecule has 0 aliphatic heterocycles. The van der Waals surface area contributed by atoms with Crippen LogP contribution in [0.1, 0.15) is 27.9 Å². The number of benzene rings is 2. The molecule has 0 unspecified atom stereocenters. The van der Waals surface area contributed by atoms with Gasteiger partial charge in [0.15, 0.2) is 11.8 Å². The molecule has 0 spiro atoms. The van der Waals surface area contributed by atoms with E-state index in [-0.39, 0.29) is 11.8 Å². The molecule has 0 bridgehead atoms. The van der Waals surface area contributed by atoms with Gasteiger partial charge in [0.1, 0.15) is 0 Å². The van der Waals surface area contributed by atoms with E-state index in [1.807, 2.05) is 42.5 Å². The number of fused-ring (bicyclic) bond motifs is 4. The third kappa shape index (κ3) is 2.07. The molecule has 0 saturated carbocycles. The molecule has 25 heavy (non-hydrogen) atoms. The minimum absolute atomic E-state index is 0.167. The number of para-hydroxylation sites is 1. The first kappa shape index (κ1) is 14.2. The lowest BCUT2D eigenvalue weighted by Crippen LogP contribution is -2.04. The van der Waals surface area contributed by atoms with Crippen molar-refractivity contribution in [2.45, 2.75) is 19.4 Å². The molecule has 0 fully saturated rings. The molecular weight excluding hydrogens is 312 g/mol. The number of nitrogens with zero attached hydrogens (tertiary/aromatic N) is 1. The van der Waals surface area contributed by atoms with Gasteiger partial charge in [-0.05, 0) is 17.2 Å². The fourth-order valence-corrected chi connectivity index (χ4v) is 3.95. The zero-order valence-electron chi connectivity index (χ0n) is 13.7. The van der Waals surface area contributed by atoms with Gasteiger partial charge in [0.25, 0.3) is 0 Å². The number of hydrogen-bond donors (Lipinski definition) is 3. The SMILES string of the molecule is Oc1c2c(c(O)n1Cc1ccccc1)Cc1c([nH]c3ccccc13)C2. The normalized spacial score (nSPS) is 13.0. The van der Waals surface area contributed by atoms with Crippen LogP contribution in [0, 0.1) is 0 Å². The summed E-state index contributed by atoms with van der Waals surface area (Å²) in [6, 6.07) is 18.1. The third-order valence-corrected chi connectivity index (χ3v) is 5.21. The second-order valence-electron chi connectivity index (χ2n) is 6.66. The Hall–Kier alpha value is -3.14. The molecule has 124 valence electrons. The van der Waals surface area contributed by atoms with Crippen LogP contribution in [0.5, 0.6) is 11.8 Å². The van der Waals surface area contributed by atoms with Crippen LogP contribution in [-0.2, 0) is 19.4 Å². The predicted octanol–water partition coefficient (Wildman–Crippen LogP) is 3.92. The number of hydrogen-bond acceptors (Lipinski definition) is 2. The lowest BCUT2D eigenvalue weighted by Gasteiger charge is -2.12. The largest absolute Gasteiger partial charge is 0.494 e. The number of aromatic amines is 1. The standard InChI is InChI=1S/C21H18N2O2/c24-20-16-10-15-14-8-4-5-9-18(14)22-19(15)11-17(16)21(25)23(20)12-13-6-2-1-3-7-13/h1-9,22,24-25H,10-12H2. The first-order valence-electron chi connectivity index (χ1n) is 8.47. The van der Waals surface area contributed by atoms with Crippen molar-refractivity contribution in [3.63, 3.8) is 0 Å². The van der Waals surface area contributed by atoms with Crippen LogP contribution in [0.3, 0.4) is 0 Å². The Balaban J connectivity index is 1.60. The molecular formula is C21H18N2O2.